The van der Waals surface area contributed by atoms with Gasteiger partial charge in [0.1, 0.15) is 6.61 Å². The summed E-state index contributed by atoms with van der Waals surface area (Å²) in [6.07, 6.45) is -0.127. The van der Waals surface area contributed by atoms with Crippen molar-refractivity contribution >= 4 is 22.6 Å². The van der Waals surface area contributed by atoms with Gasteiger partial charge in [-0.3, -0.25) is 4.79 Å². The third-order valence-corrected chi connectivity index (χ3v) is 5.71. The summed E-state index contributed by atoms with van der Waals surface area (Å²) in [7, 11) is 0. The largest absolute Gasteiger partial charge is 0.478 e. The first kappa shape index (κ1) is 21.0. The van der Waals surface area contributed by atoms with Crippen molar-refractivity contribution in [2.45, 2.75) is 25.6 Å². The highest BCUT2D eigenvalue weighted by molar-refractivity contribution is 5.88. The molecule has 0 spiro atoms. The van der Waals surface area contributed by atoms with E-state index in [1.54, 1.807) is 23.1 Å². The minimum atomic E-state index is -0.973. The van der Waals surface area contributed by atoms with Gasteiger partial charge < -0.3 is 20.1 Å². The molecule has 0 aliphatic carbocycles. The van der Waals surface area contributed by atoms with Crippen LogP contribution in [-0.4, -0.2) is 47.7 Å². The van der Waals surface area contributed by atoms with Crippen LogP contribution in [0.15, 0.2) is 66.7 Å². The molecule has 160 valence electrons. The SMILES string of the molecule is CC(NCC1CN(Cc2cccc(C(=O)O)c2)C(=O)CO1)c1cccc2ccccc12. The van der Waals surface area contributed by atoms with Crippen molar-refractivity contribution in [3.63, 3.8) is 0 Å². The number of hydrogen-bond acceptors (Lipinski definition) is 4. The maximum Gasteiger partial charge on any atom is 0.335 e. The number of hydrogen-bond donors (Lipinski definition) is 2. The van der Waals surface area contributed by atoms with Crippen LogP contribution in [0.5, 0.6) is 0 Å². The van der Waals surface area contributed by atoms with E-state index in [1.807, 2.05) is 18.2 Å². The lowest BCUT2D eigenvalue weighted by Crippen LogP contribution is -2.49. The summed E-state index contributed by atoms with van der Waals surface area (Å²) in [5, 5.41) is 15.2. The third kappa shape index (κ3) is 4.93. The molecule has 1 heterocycles. The second kappa shape index (κ2) is 9.29. The van der Waals surface area contributed by atoms with Crippen LogP contribution in [0.2, 0.25) is 0 Å². The van der Waals surface area contributed by atoms with Gasteiger partial charge in [-0.2, -0.15) is 0 Å². The van der Waals surface area contributed by atoms with E-state index in [1.165, 1.54) is 16.3 Å². The van der Waals surface area contributed by atoms with Crippen LogP contribution in [-0.2, 0) is 16.1 Å². The molecular weight excluding hydrogens is 392 g/mol. The summed E-state index contributed by atoms with van der Waals surface area (Å²) in [4.78, 5) is 25.3. The first-order chi connectivity index (χ1) is 15.0. The lowest BCUT2D eigenvalue weighted by Gasteiger charge is -2.33. The van der Waals surface area contributed by atoms with Gasteiger partial charge in [-0.1, -0.05) is 54.6 Å². The van der Waals surface area contributed by atoms with E-state index in [0.717, 1.165) is 5.56 Å². The molecule has 6 nitrogen and oxygen atoms in total. The number of carboxylic acid groups (broad SMARTS) is 1. The Labute approximate surface area is 181 Å². The molecule has 0 radical (unpaired) electrons. The highest BCUT2D eigenvalue weighted by atomic mass is 16.5. The molecule has 1 fully saturated rings. The summed E-state index contributed by atoms with van der Waals surface area (Å²) >= 11 is 0. The maximum absolute atomic E-state index is 12.3. The van der Waals surface area contributed by atoms with Crippen molar-refractivity contribution in [3.8, 4) is 0 Å². The van der Waals surface area contributed by atoms with Gasteiger partial charge in [0.2, 0.25) is 5.91 Å². The van der Waals surface area contributed by atoms with Crippen LogP contribution < -0.4 is 5.32 Å². The summed E-state index contributed by atoms with van der Waals surface area (Å²) < 4.78 is 5.75. The molecule has 4 rings (SSSR count). The number of carbonyl (C=O) groups excluding carboxylic acids is 1. The molecule has 1 saturated heterocycles. The van der Waals surface area contributed by atoms with Gasteiger partial charge in [0.05, 0.1) is 11.7 Å². The van der Waals surface area contributed by atoms with Crippen LogP contribution in [0.3, 0.4) is 0 Å². The second-order valence-electron chi connectivity index (χ2n) is 7.91. The number of carbonyl (C=O) groups is 2. The molecule has 2 atom stereocenters. The Morgan fingerprint density at radius 2 is 1.94 bits per heavy atom. The number of morpholine rings is 1. The minimum Gasteiger partial charge on any atom is -0.478 e. The van der Waals surface area contributed by atoms with Gasteiger partial charge in [-0.25, -0.2) is 4.79 Å². The zero-order valence-corrected chi connectivity index (χ0v) is 17.5. The van der Waals surface area contributed by atoms with E-state index in [2.05, 4.69) is 42.6 Å². The fourth-order valence-electron chi connectivity index (χ4n) is 4.03. The maximum atomic E-state index is 12.3. The van der Waals surface area contributed by atoms with Gasteiger partial charge in [0.15, 0.2) is 0 Å². The zero-order chi connectivity index (χ0) is 21.8. The number of nitrogens with zero attached hydrogens (tertiary/aromatic N) is 1. The van der Waals surface area contributed by atoms with Gasteiger partial charge in [0.25, 0.3) is 0 Å². The second-order valence-corrected chi connectivity index (χ2v) is 7.91. The van der Waals surface area contributed by atoms with Crippen molar-refractivity contribution in [3.05, 3.63) is 83.4 Å². The number of aromatic carboxylic acids is 1. The number of nitrogens with one attached hydrogen (secondary N) is 1. The van der Waals surface area contributed by atoms with Gasteiger partial charge in [0, 0.05) is 25.7 Å². The van der Waals surface area contributed by atoms with Gasteiger partial charge in [-0.05, 0) is 41.0 Å². The molecule has 6 heteroatoms. The molecular formula is C25H26N2O4. The molecule has 2 N–H and O–H groups in total. The minimum absolute atomic E-state index is 0.0353. The Bertz CT molecular complexity index is 1090. The average molecular weight is 418 g/mol. The van der Waals surface area contributed by atoms with Crippen molar-refractivity contribution in [2.75, 3.05) is 19.7 Å². The number of benzene rings is 3. The van der Waals surface area contributed by atoms with Gasteiger partial charge >= 0.3 is 5.97 Å². The van der Waals surface area contributed by atoms with E-state index in [9.17, 15) is 14.7 Å². The Morgan fingerprint density at radius 1 is 1.16 bits per heavy atom. The van der Waals surface area contributed by atoms with E-state index in [4.69, 9.17) is 4.74 Å². The highest BCUT2D eigenvalue weighted by Gasteiger charge is 2.27. The van der Waals surface area contributed by atoms with Crippen LogP contribution in [0.4, 0.5) is 0 Å². The average Bonchev–Trinajstić information content (AvgIpc) is 2.79. The Kier molecular flexibility index (Phi) is 6.30. The fourth-order valence-corrected chi connectivity index (χ4v) is 4.03. The number of amides is 1. The summed E-state index contributed by atoms with van der Waals surface area (Å²) in [5.74, 6) is -1.06. The lowest BCUT2D eigenvalue weighted by atomic mass is 9.99. The van der Waals surface area contributed by atoms with Crippen molar-refractivity contribution < 1.29 is 19.4 Å². The van der Waals surface area contributed by atoms with Crippen LogP contribution in [0.1, 0.15) is 34.5 Å². The summed E-state index contributed by atoms with van der Waals surface area (Å²) in [6, 6.07) is 21.5. The standard InChI is InChI=1S/C25H26N2O4/c1-17(22-11-5-8-19-7-2-3-10-23(19)22)26-13-21-15-27(24(28)16-31-21)14-18-6-4-9-20(12-18)25(29)30/h2-12,17,21,26H,13-16H2,1H3,(H,29,30). The molecule has 1 amide bonds. The van der Waals surface area contributed by atoms with E-state index >= 15 is 0 Å². The number of rotatable bonds is 7. The van der Waals surface area contributed by atoms with Crippen LogP contribution in [0, 0.1) is 0 Å². The van der Waals surface area contributed by atoms with Crippen LogP contribution >= 0.6 is 0 Å². The van der Waals surface area contributed by atoms with E-state index in [-0.39, 0.29) is 30.2 Å². The highest BCUT2D eigenvalue weighted by Crippen LogP contribution is 2.24. The normalized spacial score (nSPS) is 17.6. The van der Waals surface area contributed by atoms with Crippen molar-refractivity contribution in [2.24, 2.45) is 0 Å². The van der Waals surface area contributed by atoms with Gasteiger partial charge in [-0.15, -0.1) is 0 Å². The number of ether oxygens (including phenoxy) is 1. The predicted octanol–water partition coefficient (Wildman–Crippen LogP) is 3.62. The molecule has 0 saturated carbocycles. The smallest absolute Gasteiger partial charge is 0.335 e. The molecule has 3 aromatic rings. The topological polar surface area (TPSA) is 78.9 Å². The summed E-state index contributed by atoms with van der Waals surface area (Å²) in [5.41, 5.74) is 2.25. The zero-order valence-electron chi connectivity index (χ0n) is 17.5. The predicted molar refractivity (Wildman–Crippen MR) is 119 cm³/mol. The Balaban J connectivity index is 1.39. The molecule has 0 bridgehead atoms. The molecule has 2 unspecified atom stereocenters. The monoisotopic (exact) mass is 418 g/mol. The van der Waals surface area contributed by atoms with Crippen molar-refractivity contribution in [1.29, 1.82) is 0 Å². The number of fused-ring (bicyclic) bond motifs is 1. The van der Waals surface area contributed by atoms with Crippen LogP contribution in [0.25, 0.3) is 10.8 Å². The molecule has 3 aromatic carbocycles. The molecule has 31 heavy (non-hydrogen) atoms. The Morgan fingerprint density at radius 3 is 2.77 bits per heavy atom. The van der Waals surface area contributed by atoms with Crippen molar-refractivity contribution in [1.82, 2.24) is 10.2 Å². The molecule has 1 aliphatic rings. The van der Waals surface area contributed by atoms with E-state index in [0.29, 0.717) is 19.6 Å². The lowest BCUT2D eigenvalue weighted by molar-refractivity contribution is -0.149. The molecule has 0 aromatic heterocycles. The quantitative estimate of drug-likeness (QED) is 0.613. The van der Waals surface area contributed by atoms with E-state index < -0.39 is 5.97 Å². The molecule has 1 aliphatic heterocycles. The summed E-state index contributed by atoms with van der Waals surface area (Å²) in [6.45, 7) is 3.62. The number of carboxylic acids is 1. The first-order valence-corrected chi connectivity index (χ1v) is 10.4. The first-order valence-electron chi connectivity index (χ1n) is 10.4. The third-order valence-electron chi connectivity index (χ3n) is 5.71. The fraction of sp³-hybridized carbons (Fsp3) is 0.280. The Hall–Kier alpha value is -3.22.